The second kappa shape index (κ2) is 10.6. The fourth-order valence-corrected chi connectivity index (χ4v) is 8.27. The normalized spacial score (nSPS) is 14.1. The third-order valence-corrected chi connectivity index (χ3v) is 10.8. The fraction of sp³-hybridized carbons (Fsp3) is 0.250. The van der Waals surface area contributed by atoms with Crippen molar-refractivity contribution in [1.29, 1.82) is 0 Å². The summed E-state index contributed by atoms with van der Waals surface area (Å²) in [7, 11) is 0. The van der Waals surface area contributed by atoms with Crippen molar-refractivity contribution in [2.75, 3.05) is 14.7 Å². The van der Waals surface area contributed by atoms with Crippen LogP contribution in [0.5, 0.6) is 5.75 Å². The summed E-state index contributed by atoms with van der Waals surface area (Å²) in [5, 5.41) is 3.36. The number of fused-ring (bicyclic) bond motifs is 1. The molecule has 0 bridgehead atoms. The van der Waals surface area contributed by atoms with E-state index in [0.717, 1.165) is 34.7 Å². The number of imidazole rings is 1. The maximum absolute atomic E-state index is 6.48. The second-order valence-electron chi connectivity index (χ2n) is 7.23. The zero-order chi connectivity index (χ0) is 21.6. The van der Waals surface area contributed by atoms with Crippen LogP contribution in [0.2, 0.25) is 0 Å². The Hall–Kier alpha value is -1.88. The molecule has 1 aliphatic carbocycles. The van der Waals surface area contributed by atoms with Gasteiger partial charge in [-0.05, 0) is 0 Å². The van der Waals surface area contributed by atoms with Gasteiger partial charge in [0.1, 0.15) is 0 Å². The van der Waals surface area contributed by atoms with Gasteiger partial charge in [0.25, 0.3) is 0 Å². The molecule has 0 amide bonds. The van der Waals surface area contributed by atoms with E-state index in [1.54, 1.807) is 12.4 Å². The standard InChI is InChI=1S/C24H26I2N4O/c1-3-4-13-26(2)18-8-6-5-7-9-22(18)31-23-12-14-27-16-21(23)30-24-28-19-11-10-17(25)15-20(19)29-24/h6-12,14-16H,3-5,13H2,1-2H3,(H2,28,29,30). The predicted molar refractivity (Wildman–Crippen MR) is 147 cm³/mol. The summed E-state index contributed by atoms with van der Waals surface area (Å²) >= 11 is 1.03. The molecule has 162 valence electrons. The number of benzene rings is 1. The number of nitrogens with one attached hydrogen (secondary N) is 2. The SMILES string of the molecule is CCCCI(C)C1=C(Oc2ccncc2Nc2nc3ccc(I)cc3[nH]2)C=CCC=C1. The van der Waals surface area contributed by atoms with Gasteiger partial charge in [0.2, 0.25) is 0 Å². The van der Waals surface area contributed by atoms with E-state index in [4.69, 9.17) is 4.74 Å². The molecular weight excluding hydrogens is 614 g/mol. The van der Waals surface area contributed by atoms with Crippen molar-refractivity contribution < 1.29 is 4.74 Å². The molecule has 0 unspecified atom stereocenters. The number of unbranched alkanes of at least 4 members (excludes halogenated alkanes) is 1. The van der Waals surface area contributed by atoms with E-state index in [2.05, 4.69) is 91.2 Å². The summed E-state index contributed by atoms with van der Waals surface area (Å²) in [6.45, 7) is 2.26. The van der Waals surface area contributed by atoms with Crippen LogP contribution in [-0.2, 0) is 0 Å². The average molecular weight is 640 g/mol. The van der Waals surface area contributed by atoms with Crippen LogP contribution in [0.15, 0.2) is 70.3 Å². The van der Waals surface area contributed by atoms with Crippen molar-refractivity contribution in [3.8, 4) is 5.75 Å². The second-order valence-corrected chi connectivity index (χ2v) is 14.1. The molecule has 0 saturated heterocycles. The van der Waals surface area contributed by atoms with Gasteiger partial charge in [0, 0.05) is 0 Å². The fourth-order valence-electron chi connectivity index (χ4n) is 3.22. The van der Waals surface area contributed by atoms with Crippen molar-refractivity contribution in [3.63, 3.8) is 0 Å². The number of allylic oxidation sites excluding steroid dienone is 5. The van der Waals surface area contributed by atoms with E-state index in [9.17, 15) is 0 Å². The Morgan fingerprint density at radius 3 is 2.97 bits per heavy atom. The molecule has 2 aromatic heterocycles. The molecule has 0 radical (unpaired) electrons. The molecule has 5 nitrogen and oxygen atoms in total. The molecule has 2 N–H and O–H groups in total. The quantitative estimate of drug-likeness (QED) is 0.200. The van der Waals surface area contributed by atoms with Gasteiger partial charge in [-0.3, -0.25) is 0 Å². The number of aromatic amines is 1. The van der Waals surface area contributed by atoms with Crippen molar-refractivity contribution >= 4 is 65.1 Å². The molecule has 3 aromatic rings. The number of halogens is 2. The van der Waals surface area contributed by atoms with Gasteiger partial charge in [-0.2, -0.15) is 0 Å². The van der Waals surface area contributed by atoms with Crippen molar-refractivity contribution in [2.24, 2.45) is 0 Å². The van der Waals surface area contributed by atoms with Crippen LogP contribution >= 0.6 is 42.4 Å². The molecule has 31 heavy (non-hydrogen) atoms. The first kappa shape index (κ1) is 22.3. The molecule has 0 atom stereocenters. The summed E-state index contributed by atoms with van der Waals surface area (Å²) < 4.78 is 10.3. The molecule has 0 spiro atoms. The van der Waals surface area contributed by atoms with Crippen molar-refractivity contribution in [2.45, 2.75) is 26.2 Å². The molecule has 7 heteroatoms. The predicted octanol–water partition coefficient (Wildman–Crippen LogP) is 7.35. The number of aromatic nitrogens is 3. The van der Waals surface area contributed by atoms with Gasteiger partial charge in [-0.25, -0.2) is 0 Å². The number of alkyl halides is 2. The molecule has 0 saturated carbocycles. The molecule has 0 fully saturated rings. The first-order valence-electron chi connectivity index (χ1n) is 10.3. The minimum absolute atomic E-state index is 0.673. The first-order valence-corrected chi connectivity index (χ1v) is 16.2. The van der Waals surface area contributed by atoms with E-state index in [0.29, 0.717) is 5.95 Å². The zero-order valence-electron chi connectivity index (χ0n) is 17.7. The number of anilines is 2. The molecule has 4 rings (SSSR count). The van der Waals surface area contributed by atoms with Crippen LogP contribution in [0.1, 0.15) is 26.2 Å². The number of pyridine rings is 1. The number of nitrogens with zero attached hydrogens (tertiary/aromatic N) is 2. The van der Waals surface area contributed by atoms with Crippen LogP contribution in [-0.4, -0.2) is 24.3 Å². The van der Waals surface area contributed by atoms with Gasteiger partial charge in [-0.1, -0.05) is 0 Å². The van der Waals surface area contributed by atoms with Crippen molar-refractivity contribution in [1.82, 2.24) is 15.0 Å². The molecule has 2 heterocycles. The first-order chi connectivity index (χ1) is 15.1. The minimum atomic E-state index is -1.27. The third kappa shape index (κ3) is 5.68. The van der Waals surface area contributed by atoms with E-state index in [1.807, 2.05) is 12.1 Å². The summed E-state index contributed by atoms with van der Waals surface area (Å²) in [4.78, 5) is 14.7. The number of H-pyrrole nitrogens is 1. The Balaban J connectivity index is 1.62. The Kier molecular flexibility index (Phi) is 7.65. The summed E-state index contributed by atoms with van der Waals surface area (Å²) in [5.74, 6) is 2.38. The van der Waals surface area contributed by atoms with Gasteiger partial charge < -0.3 is 0 Å². The summed E-state index contributed by atoms with van der Waals surface area (Å²) in [6.07, 6.45) is 15.8. The van der Waals surface area contributed by atoms with Crippen LogP contribution in [0.4, 0.5) is 11.6 Å². The maximum atomic E-state index is 6.48. The third-order valence-electron chi connectivity index (χ3n) is 4.86. The monoisotopic (exact) mass is 640 g/mol. The summed E-state index contributed by atoms with van der Waals surface area (Å²) in [5.41, 5.74) is 2.71. The topological polar surface area (TPSA) is 62.8 Å². The van der Waals surface area contributed by atoms with Crippen LogP contribution in [0.3, 0.4) is 0 Å². The Morgan fingerprint density at radius 2 is 2.10 bits per heavy atom. The number of rotatable bonds is 8. The van der Waals surface area contributed by atoms with Gasteiger partial charge in [0.05, 0.1) is 0 Å². The van der Waals surface area contributed by atoms with Gasteiger partial charge in [0.15, 0.2) is 0 Å². The van der Waals surface area contributed by atoms with E-state index in [-0.39, 0.29) is 0 Å². The molecule has 0 aliphatic heterocycles. The molecule has 1 aliphatic rings. The van der Waals surface area contributed by atoms with Gasteiger partial charge >= 0.3 is 205 Å². The van der Waals surface area contributed by atoms with E-state index >= 15 is 0 Å². The molecule has 1 aromatic carbocycles. The van der Waals surface area contributed by atoms with Crippen LogP contribution in [0, 0.1) is 3.57 Å². The van der Waals surface area contributed by atoms with Crippen LogP contribution in [0.25, 0.3) is 11.0 Å². The Bertz CT molecular complexity index is 1150. The number of ether oxygens (including phenoxy) is 1. The molecular formula is C24H26I2N4O. The Labute approximate surface area is 204 Å². The number of hydrogen-bond acceptors (Lipinski definition) is 4. The van der Waals surface area contributed by atoms with Crippen molar-refractivity contribution in [3.05, 3.63) is 73.9 Å². The van der Waals surface area contributed by atoms with E-state index in [1.165, 1.54) is 24.4 Å². The summed E-state index contributed by atoms with van der Waals surface area (Å²) in [6, 6.07) is 8.05. The van der Waals surface area contributed by atoms with E-state index < -0.39 is 19.8 Å². The van der Waals surface area contributed by atoms with Gasteiger partial charge in [-0.15, -0.1) is 0 Å². The number of hydrogen-bond donors (Lipinski definition) is 2. The zero-order valence-corrected chi connectivity index (χ0v) is 22.0. The average Bonchev–Trinajstić information content (AvgIpc) is 3.01. The Morgan fingerprint density at radius 1 is 1.23 bits per heavy atom. The van der Waals surface area contributed by atoms with Crippen LogP contribution < -0.4 is 10.1 Å².